The molecule has 0 unspecified atom stereocenters. The third-order valence-corrected chi connectivity index (χ3v) is 5.56. The minimum atomic E-state index is -3.20. The maximum atomic E-state index is 12.3. The minimum Gasteiger partial charge on any atom is -0.469 e. The number of sulfone groups is 1. The monoisotopic (exact) mass is 296 g/mol. The Hall–Kier alpha value is -1.36. The van der Waals surface area contributed by atoms with E-state index in [9.17, 15) is 13.2 Å². The Morgan fingerprint density at radius 3 is 2.35 bits per heavy atom. The van der Waals surface area contributed by atoms with Crippen molar-refractivity contribution in [2.75, 3.05) is 12.9 Å². The first-order valence-electron chi connectivity index (χ1n) is 6.67. The van der Waals surface area contributed by atoms with Crippen molar-refractivity contribution in [1.82, 2.24) is 0 Å². The van der Waals surface area contributed by atoms with Gasteiger partial charge in [-0.3, -0.25) is 4.79 Å². The van der Waals surface area contributed by atoms with Crippen molar-refractivity contribution in [3.8, 4) is 0 Å². The summed E-state index contributed by atoms with van der Waals surface area (Å²) in [7, 11) is -1.87. The Labute approximate surface area is 120 Å². The number of ether oxygens (including phenoxy) is 1. The van der Waals surface area contributed by atoms with Crippen LogP contribution >= 0.6 is 0 Å². The van der Waals surface area contributed by atoms with E-state index >= 15 is 0 Å². The number of aryl methyl sites for hydroxylation is 1. The molecule has 1 aliphatic carbocycles. The van der Waals surface area contributed by atoms with Crippen molar-refractivity contribution in [2.24, 2.45) is 5.41 Å². The van der Waals surface area contributed by atoms with Crippen LogP contribution in [0, 0.1) is 12.3 Å². The van der Waals surface area contributed by atoms with E-state index in [0.29, 0.717) is 0 Å². The van der Waals surface area contributed by atoms with Gasteiger partial charge in [0.15, 0.2) is 9.84 Å². The zero-order valence-corrected chi connectivity index (χ0v) is 12.7. The molecule has 1 fully saturated rings. The van der Waals surface area contributed by atoms with Crippen molar-refractivity contribution < 1.29 is 17.9 Å². The third-order valence-electron chi connectivity index (χ3n) is 3.74. The van der Waals surface area contributed by atoms with E-state index in [4.69, 9.17) is 0 Å². The Morgan fingerprint density at radius 2 is 1.85 bits per heavy atom. The van der Waals surface area contributed by atoms with Crippen molar-refractivity contribution in [3.63, 3.8) is 0 Å². The van der Waals surface area contributed by atoms with Crippen LogP contribution in [0.4, 0.5) is 0 Å². The fourth-order valence-corrected chi connectivity index (χ4v) is 4.51. The topological polar surface area (TPSA) is 60.4 Å². The highest BCUT2D eigenvalue weighted by Crippen LogP contribution is 2.50. The predicted octanol–water partition coefficient (Wildman–Crippen LogP) is 2.25. The average molecular weight is 296 g/mol. The predicted molar refractivity (Wildman–Crippen MR) is 77.0 cm³/mol. The van der Waals surface area contributed by atoms with E-state index in [0.717, 1.165) is 24.0 Å². The lowest BCUT2D eigenvalue weighted by atomic mass is 10.1. The third kappa shape index (κ3) is 4.07. The van der Waals surface area contributed by atoms with Crippen LogP contribution in [0.2, 0.25) is 0 Å². The van der Waals surface area contributed by atoms with Crippen LogP contribution in [0.1, 0.15) is 30.4 Å². The van der Waals surface area contributed by atoms with Crippen LogP contribution in [0.25, 0.3) is 0 Å². The molecule has 1 aromatic rings. The van der Waals surface area contributed by atoms with Crippen LogP contribution in [0.5, 0.6) is 0 Å². The van der Waals surface area contributed by atoms with Crippen molar-refractivity contribution in [2.45, 2.75) is 31.9 Å². The molecule has 0 atom stereocenters. The smallest absolute Gasteiger partial charge is 0.306 e. The molecule has 1 aromatic carbocycles. The highest BCUT2D eigenvalue weighted by Gasteiger charge is 2.47. The Balaban J connectivity index is 2.01. The van der Waals surface area contributed by atoms with E-state index in [1.807, 2.05) is 31.2 Å². The highest BCUT2D eigenvalue weighted by molar-refractivity contribution is 7.90. The molecule has 1 saturated carbocycles. The second kappa shape index (κ2) is 5.56. The molecule has 1 aliphatic rings. The first-order valence-corrected chi connectivity index (χ1v) is 8.49. The van der Waals surface area contributed by atoms with Crippen molar-refractivity contribution >= 4 is 15.8 Å². The number of hydrogen-bond acceptors (Lipinski definition) is 4. The van der Waals surface area contributed by atoms with Gasteiger partial charge in [-0.1, -0.05) is 29.8 Å². The summed E-state index contributed by atoms with van der Waals surface area (Å²) in [5, 5.41) is 0. The van der Waals surface area contributed by atoms with Gasteiger partial charge in [-0.15, -0.1) is 0 Å². The van der Waals surface area contributed by atoms with Crippen LogP contribution < -0.4 is 0 Å². The standard InChI is InChI=1S/C15H20O4S/c1-12-3-5-13(6-4-12)10-20(17,18)11-15(7-8-15)9-14(16)19-2/h3-6H,7-11H2,1-2H3. The van der Waals surface area contributed by atoms with E-state index < -0.39 is 9.84 Å². The molecule has 0 saturated heterocycles. The van der Waals surface area contributed by atoms with E-state index in [2.05, 4.69) is 4.74 Å². The van der Waals surface area contributed by atoms with Gasteiger partial charge in [0.05, 0.1) is 25.0 Å². The van der Waals surface area contributed by atoms with E-state index in [-0.39, 0.29) is 29.3 Å². The number of rotatable bonds is 6. The molecule has 0 amide bonds. The van der Waals surface area contributed by atoms with Crippen molar-refractivity contribution in [1.29, 1.82) is 0 Å². The lowest BCUT2D eigenvalue weighted by molar-refractivity contribution is -0.141. The molecule has 0 aromatic heterocycles. The van der Waals surface area contributed by atoms with E-state index in [1.165, 1.54) is 7.11 Å². The Kier molecular flexibility index (Phi) is 4.18. The fourth-order valence-electron chi connectivity index (χ4n) is 2.38. The molecule has 0 heterocycles. The zero-order valence-electron chi connectivity index (χ0n) is 11.9. The lowest BCUT2D eigenvalue weighted by Gasteiger charge is -2.14. The number of carbonyl (C=O) groups excluding carboxylic acids is 1. The van der Waals surface area contributed by atoms with Gasteiger partial charge in [-0.25, -0.2) is 8.42 Å². The second-order valence-electron chi connectivity index (χ2n) is 5.77. The van der Waals surface area contributed by atoms with Gasteiger partial charge in [0.1, 0.15) is 0 Å². The van der Waals surface area contributed by atoms with Crippen molar-refractivity contribution in [3.05, 3.63) is 35.4 Å². The molecule has 2 rings (SSSR count). The maximum Gasteiger partial charge on any atom is 0.306 e. The number of carbonyl (C=O) groups is 1. The summed E-state index contributed by atoms with van der Waals surface area (Å²) >= 11 is 0. The largest absolute Gasteiger partial charge is 0.469 e. The van der Waals surface area contributed by atoms with Gasteiger partial charge < -0.3 is 4.74 Å². The molecule has 0 bridgehead atoms. The molecule has 110 valence electrons. The normalized spacial score (nSPS) is 16.7. The second-order valence-corrected chi connectivity index (χ2v) is 7.84. The summed E-state index contributed by atoms with van der Waals surface area (Å²) in [5.74, 6) is -0.216. The fraction of sp³-hybridized carbons (Fsp3) is 0.533. The Bertz CT molecular complexity index is 583. The summed E-state index contributed by atoms with van der Waals surface area (Å²) in [4.78, 5) is 11.3. The molecule has 0 aliphatic heterocycles. The Morgan fingerprint density at radius 1 is 1.25 bits per heavy atom. The molecule has 5 heteroatoms. The van der Waals surface area contributed by atoms with Gasteiger partial charge in [-0.2, -0.15) is 0 Å². The molecular weight excluding hydrogens is 276 g/mol. The first-order chi connectivity index (χ1) is 9.34. The SMILES string of the molecule is COC(=O)CC1(CS(=O)(=O)Cc2ccc(C)cc2)CC1. The first kappa shape index (κ1) is 15.0. The summed E-state index contributed by atoms with van der Waals surface area (Å²) in [6.07, 6.45) is 1.78. The summed E-state index contributed by atoms with van der Waals surface area (Å²) in [6.45, 7) is 1.97. The molecule has 0 spiro atoms. The number of esters is 1. The summed E-state index contributed by atoms with van der Waals surface area (Å²) < 4.78 is 29.2. The van der Waals surface area contributed by atoms with Crippen LogP contribution in [-0.4, -0.2) is 27.2 Å². The molecule has 0 radical (unpaired) electrons. The molecule has 4 nitrogen and oxygen atoms in total. The lowest BCUT2D eigenvalue weighted by Crippen LogP contribution is -2.22. The minimum absolute atomic E-state index is 0.0379. The zero-order chi connectivity index (χ0) is 14.8. The quantitative estimate of drug-likeness (QED) is 0.755. The van der Waals surface area contributed by atoms with Gasteiger partial charge in [0, 0.05) is 0 Å². The highest BCUT2D eigenvalue weighted by atomic mass is 32.2. The van der Waals surface area contributed by atoms with Gasteiger partial charge in [0.2, 0.25) is 0 Å². The number of hydrogen-bond donors (Lipinski definition) is 0. The summed E-state index contributed by atoms with van der Waals surface area (Å²) in [6, 6.07) is 7.50. The summed E-state index contributed by atoms with van der Waals surface area (Å²) in [5.41, 5.74) is 1.52. The van der Waals surface area contributed by atoms with Crippen LogP contribution in [0.15, 0.2) is 24.3 Å². The number of methoxy groups -OCH3 is 1. The van der Waals surface area contributed by atoms with Crippen LogP contribution in [0.3, 0.4) is 0 Å². The number of benzene rings is 1. The molecule has 0 N–H and O–H groups in total. The average Bonchev–Trinajstić information content (AvgIpc) is 3.10. The van der Waals surface area contributed by atoms with Crippen LogP contribution in [-0.2, 0) is 25.1 Å². The van der Waals surface area contributed by atoms with Gasteiger partial charge in [-0.05, 0) is 30.7 Å². The van der Waals surface area contributed by atoms with Gasteiger partial charge >= 0.3 is 5.97 Å². The molecular formula is C15H20O4S. The van der Waals surface area contributed by atoms with Gasteiger partial charge in [0.25, 0.3) is 0 Å². The maximum absolute atomic E-state index is 12.3. The van der Waals surface area contributed by atoms with E-state index in [1.54, 1.807) is 0 Å². The molecule has 20 heavy (non-hydrogen) atoms.